The Bertz CT molecular complexity index is 900. The third-order valence-corrected chi connectivity index (χ3v) is 3.57. The van der Waals surface area contributed by atoms with Crippen molar-refractivity contribution in [3.05, 3.63) is 53.6 Å². The number of halogens is 1. The molecule has 2 aromatic carbocycles. The molecule has 5 heteroatoms. The maximum absolute atomic E-state index is 13.9. The third kappa shape index (κ3) is 2.34. The average Bonchev–Trinajstić information content (AvgIpc) is 2.92. The maximum Gasteiger partial charge on any atom is 0.125 e. The van der Waals surface area contributed by atoms with Gasteiger partial charge in [-0.25, -0.2) is 9.37 Å². The van der Waals surface area contributed by atoms with Crippen LogP contribution >= 0.6 is 0 Å². The lowest BCUT2D eigenvalue weighted by Gasteiger charge is -2.23. The van der Waals surface area contributed by atoms with Crippen LogP contribution in [0.2, 0.25) is 0 Å². The first kappa shape index (κ1) is 14.2. The molecule has 22 heavy (non-hydrogen) atoms. The number of aliphatic hydroxyl groups is 1. The van der Waals surface area contributed by atoms with Gasteiger partial charge >= 0.3 is 0 Å². The molecular formula is C17H14FN3O. The first-order chi connectivity index (χ1) is 10.4. The van der Waals surface area contributed by atoms with Crippen LogP contribution in [0.3, 0.4) is 0 Å². The van der Waals surface area contributed by atoms with Crippen molar-refractivity contribution in [1.82, 2.24) is 9.97 Å². The van der Waals surface area contributed by atoms with Gasteiger partial charge in [-0.15, -0.1) is 0 Å². The molecule has 0 radical (unpaired) electrons. The maximum atomic E-state index is 13.9. The Morgan fingerprint density at radius 2 is 2.05 bits per heavy atom. The minimum atomic E-state index is -1.27. The second-order valence-corrected chi connectivity index (χ2v) is 5.68. The standard InChI is InChI=1S/C17H14FN3O/c1-17(2,22)16-11(8-19)5-12(18)7-13(16)10-3-4-14-15(6-10)21-9-20-14/h3-7,9,22H,1-2H3,(H,20,21). The molecular weight excluding hydrogens is 281 g/mol. The van der Waals surface area contributed by atoms with Crippen molar-refractivity contribution in [3.8, 4) is 17.2 Å². The van der Waals surface area contributed by atoms with Crippen molar-refractivity contribution >= 4 is 11.0 Å². The van der Waals surface area contributed by atoms with Gasteiger partial charge in [0.2, 0.25) is 0 Å². The number of nitrogens with one attached hydrogen (secondary N) is 1. The molecule has 0 aliphatic carbocycles. The van der Waals surface area contributed by atoms with Crippen LogP contribution in [0.25, 0.3) is 22.2 Å². The second-order valence-electron chi connectivity index (χ2n) is 5.68. The summed E-state index contributed by atoms with van der Waals surface area (Å²) < 4.78 is 13.9. The fourth-order valence-corrected chi connectivity index (χ4v) is 2.68. The molecule has 0 amide bonds. The number of benzene rings is 2. The SMILES string of the molecule is CC(C)(O)c1c(C#N)cc(F)cc1-c1ccc2[nH]cnc2c1. The summed E-state index contributed by atoms with van der Waals surface area (Å²) in [6, 6.07) is 9.89. The number of H-pyrrole nitrogens is 1. The van der Waals surface area contributed by atoms with Gasteiger partial charge in [-0.1, -0.05) is 6.07 Å². The molecule has 0 saturated heterocycles. The second kappa shape index (κ2) is 4.93. The summed E-state index contributed by atoms with van der Waals surface area (Å²) in [7, 11) is 0. The van der Waals surface area contributed by atoms with Gasteiger partial charge in [-0.2, -0.15) is 5.26 Å². The van der Waals surface area contributed by atoms with E-state index >= 15 is 0 Å². The van der Waals surface area contributed by atoms with E-state index in [1.54, 1.807) is 26.2 Å². The minimum Gasteiger partial charge on any atom is -0.386 e. The van der Waals surface area contributed by atoms with Crippen molar-refractivity contribution in [3.63, 3.8) is 0 Å². The fourth-order valence-electron chi connectivity index (χ4n) is 2.68. The van der Waals surface area contributed by atoms with Gasteiger partial charge in [0, 0.05) is 5.56 Å². The normalized spacial score (nSPS) is 11.6. The summed E-state index contributed by atoms with van der Waals surface area (Å²) in [6.07, 6.45) is 1.58. The number of aromatic nitrogens is 2. The molecule has 0 fully saturated rings. The lowest BCUT2D eigenvalue weighted by molar-refractivity contribution is 0.0788. The van der Waals surface area contributed by atoms with Crippen molar-refractivity contribution < 1.29 is 9.50 Å². The topological polar surface area (TPSA) is 72.7 Å². The quantitative estimate of drug-likeness (QED) is 0.760. The molecule has 3 rings (SSSR count). The number of imidazole rings is 1. The molecule has 1 aromatic heterocycles. The summed E-state index contributed by atoms with van der Waals surface area (Å²) in [4.78, 5) is 7.18. The van der Waals surface area contributed by atoms with Gasteiger partial charge < -0.3 is 10.1 Å². The highest BCUT2D eigenvalue weighted by atomic mass is 19.1. The molecule has 0 aliphatic heterocycles. The van der Waals surface area contributed by atoms with E-state index in [2.05, 4.69) is 9.97 Å². The lowest BCUT2D eigenvalue weighted by Crippen LogP contribution is -2.19. The Morgan fingerprint density at radius 1 is 1.27 bits per heavy atom. The molecule has 4 nitrogen and oxygen atoms in total. The highest BCUT2D eigenvalue weighted by Crippen LogP contribution is 2.35. The van der Waals surface area contributed by atoms with Gasteiger partial charge in [0.25, 0.3) is 0 Å². The number of hydrogen-bond acceptors (Lipinski definition) is 3. The Labute approximate surface area is 126 Å². The summed E-state index contributed by atoms with van der Waals surface area (Å²) in [5, 5.41) is 19.7. The van der Waals surface area contributed by atoms with Gasteiger partial charge in [0.15, 0.2) is 0 Å². The zero-order valence-corrected chi connectivity index (χ0v) is 12.2. The number of hydrogen-bond donors (Lipinski definition) is 2. The molecule has 0 atom stereocenters. The molecule has 1 heterocycles. The number of aromatic amines is 1. The molecule has 110 valence electrons. The molecule has 0 aliphatic rings. The summed E-state index contributed by atoms with van der Waals surface area (Å²) >= 11 is 0. The molecule has 0 unspecified atom stereocenters. The van der Waals surface area contributed by atoms with Gasteiger partial charge in [0.1, 0.15) is 5.82 Å². The van der Waals surface area contributed by atoms with Crippen LogP contribution in [0.5, 0.6) is 0 Å². The Hall–Kier alpha value is -2.71. The third-order valence-electron chi connectivity index (χ3n) is 3.57. The minimum absolute atomic E-state index is 0.129. The molecule has 2 N–H and O–H groups in total. The van der Waals surface area contributed by atoms with Crippen LogP contribution in [0.1, 0.15) is 25.0 Å². The first-order valence-electron chi connectivity index (χ1n) is 6.80. The highest BCUT2D eigenvalue weighted by Gasteiger charge is 2.26. The van der Waals surface area contributed by atoms with Crippen LogP contribution in [-0.2, 0) is 5.60 Å². The predicted octanol–water partition coefficient (Wildman–Crippen LogP) is 3.47. The zero-order chi connectivity index (χ0) is 15.9. The zero-order valence-electron chi connectivity index (χ0n) is 12.2. The van der Waals surface area contributed by atoms with Crippen molar-refractivity contribution in [2.45, 2.75) is 19.4 Å². The van der Waals surface area contributed by atoms with E-state index in [-0.39, 0.29) is 5.56 Å². The summed E-state index contributed by atoms with van der Waals surface area (Å²) in [6.45, 7) is 3.16. The fraction of sp³-hybridized carbons (Fsp3) is 0.176. The number of nitrogens with zero attached hydrogens (tertiary/aromatic N) is 2. The van der Waals surface area contributed by atoms with E-state index in [1.165, 1.54) is 6.07 Å². The van der Waals surface area contributed by atoms with Crippen molar-refractivity contribution in [2.75, 3.05) is 0 Å². The van der Waals surface area contributed by atoms with Crippen LogP contribution in [0.4, 0.5) is 4.39 Å². The van der Waals surface area contributed by atoms with Gasteiger partial charge in [-0.3, -0.25) is 0 Å². The van der Waals surface area contributed by atoms with Crippen LogP contribution in [-0.4, -0.2) is 15.1 Å². The summed E-state index contributed by atoms with van der Waals surface area (Å²) in [5.41, 5.74) is 2.07. The highest BCUT2D eigenvalue weighted by molar-refractivity contribution is 5.83. The van der Waals surface area contributed by atoms with Crippen LogP contribution < -0.4 is 0 Å². The Kier molecular flexibility index (Phi) is 3.19. The largest absolute Gasteiger partial charge is 0.386 e. The Morgan fingerprint density at radius 3 is 2.73 bits per heavy atom. The van der Waals surface area contributed by atoms with E-state index in [0.29, 0.717) is 16.7 Å². The number of fused-ring (bicyclic) bond motifs is 1. The number of nitriles is 1. The molecule has 0 spiro atoms. The lowest BCUT2D eigenvalue weighted by atomic mass is 9.86. The Balaban J connectivity index is 2.33. The smallest absolute Gasteiger partial charge is 0.125 e. The van der Waals surface area contributed by atoms with E-state index in [1.807, 2.05) is 18.2 Å². The van der Waals surface area contributed by atoms with Crippen molar-refractivity contribution in [2.24, 2.45) is 0 Å². The van der Waals surface area contributed by atoms with E-state index in [0.717, 1.165) is 17.1 Å². The first-order valence-corrected chi connectivity index (χ1v) is 6.80. The van der Waals surface area contributed by atoms with Gasteiger partial charge in [0.05, 0.1) is 34.6 Å². The van der Waals surface area contributed by atoms with E-state index in [9.17, 15) is 14.8 Å². The van der Waals surface area contributed by atoms with Crippen LogP contribution in [0.15, 0.2) is 36.7 Å². The number of rotatable bonds is 2. The van der Waals surface area contributed by atoms with Gasteiger partial charge in [-0.05, 0) is 49.2 Å². The molecule has 0 bridgehead atoms. The average molecular weight is 295 g/mol. The summed E-state index contributed by atoms with van der Waals surface area (Å²) in [5.74, 6) is -0.512. The monoisotopic (exact) mass is 295 g/mol. The molecule has 3 aromatic rings. The van der Waals surface area contributed by atoms with Crippen molar-refractivity contribution in [1.29, 1.82) is 5.26 Å². The predicted molar refractivity (Wildman–Crippen MR) is 81.4 cm³/mol. The van der Waals surface area contributed by atoms with Crippen LogP contribution in [0, 0.1) is 17.1 Å². The van der Waals surface area contributed by atoms with E-state index < -0.39 is 11.4 Å². The molecule has 0 saturated carbocycles. The van der Waals surface area contributed by atoms with E-state index in [4.69, 9.17) is 0 Å².